The first kappa shape index (κ1) is 15.2. The Kier molecular flexibility index (Phi) is 3.42. The van der Waals surface area contributed by atoms with Gasteiger partial charge in [-0.25, -0.2) is 4.79 Å². The molecule has 0 saturated heterocycles. The minimum absolute atomic E-state index is 0.0347. The third kappa shape index (κ3) is 2.69. The summed E-state index contributed by atoms with van der Waals surface area (Å²) < 4.78 is 50.2. The first-order chi connectivity index (χ1) is 10.8. The highest BCUT2D eigenvalue weighted by molar-refractivity contribution is 5.45. The largest absolute Gasteiger partial charge is 0.454 e. The average Bonchev–Trinajstić information content (AvgIpc) is 2.94. The van der Waals surface area contributed by atoms with Gasteiger partial charge in [0.25, 0.3) is 5.56 Å². The van der Waals surface area contributed by atoms with Gasteiger partial charge in [-0.1, -0.05) is 6.07 Å². The summed E-state index contributed by atoms with van der Waals surface area (Å²) >= 11 is 0. The van der Waals surface area contributed by atoms with E-state index in [1.807, 2.05) is 0 Å². The number of hydrogen-bond donors (Lipinski definition) is 1. The lowest BCUT2D eigenvalue weighted by molar-refractivity contribution is -0.142. The minimum Gasteiger partial charge on any atom is -0.454 e. The van der Waals surface area contributed by atoms with Gasteiger partial charge in [0.2, 0.25) is 6.79 Å². The maximum atomic E-state index is 13.1. The van der Waals surface area contributed by atoms with Crippen molar-refractivity contribution < 1.29 is 22.6 Å². The van der Waals surface area contributed by atoms with Gasteiger partial charge in [-0.05, 0) is 17.7 Å². The summed E-state index contributed by atoms with van der Waals surface area (Å²) in [4.78, 5) is 25.2. The summed E-state index contributed by atoms with van der Waals surface area (Å²) in [5.74, 6) is 0.886. The van der Waals surface area contributed by atoms with Crippen LogP contribution in [0, 0.1) is 0 Å². The summed E-state index contributed by atoms with van der Waals surface area (Å²) in [5.41, 5.74) is -3.53. The number of rotatable bonds is 2. The fourth-order valence-electron chi connectivity index (χ4n) is 2.33. The van der Waals surface area contributed by atoms with Crippen LogP contribution in [0.25, 0.3) is 0 Å². The average molecular weight is 328 g/mol. The number of ether oxygens (including phenoxy) is 2. The number of aromatic amines is 1. The molecule has 0 spiro atoms. The van der Waals surface area contributed by atoms with E-state index in [9.17, 15) is 22.8 Å². The van der Waals surface area contributed by atoms with Gasteiger partial charge in [0, 0.05) is 13.5 Å². The highest BCUT2D eigenvalue weighted by atomic mass is 19.4. The second kappa shape index (κ2) is 5.18. The highest BCUT2D eigenvalue weighted by Gasteiger charge is 2.36. The molecule has 1 aliphatic heterocycles. The summed E-state index contributed by atoms with van der Waals surface area (Å²) in [7, 11) is 1.12. The Bertz CT molecular complexity index is 883. The number of fused-ring (bicyclic) bond motifs is 1. The molecule has 6 nitrogen and oxygen atoms in total. The first-order valence-corrected chi connectivity index (χ1v) is 6.55. The second-order valence-corrected chi connectivity index (χ2v) is 5.01. The summed E-state index contributed by atoms with van der Waals surface area (Å²) in [6.45, 7) is 0.0347. The van der Waals surface area contributed by atoms with E-state index >= 15 is 0 Å². The van der Waals surface area contributed by atoms with Gasteiger partial charge in [-0.15, -0.1) is 0 Å². The minimum atomic E-state index is -4.84. The van der Waals surface area contributed by atoms with Gasteiger partial charge in [0.15, 0.2) is 11.5 Å². The lowest BCUT2D eigenvalue weighted by Crippen LogP contribution is -2.38. The van der Waals surface area contributed by atoms with Gasteiger partial charge in [0.05, 0.1) is 5.56 Å². The number of hydrogen-bond acceptors (Lipinski definition) is 4. The van der Waals surface area contributed by atoms with Crippen molar-refractivity contribution in [1.82, 2.24) is 9.55 Å². The maximum absolute atomic E-state index is 13.1. The topological polar surface area (TPSA) is 73.3 Å². The van der Waals surface area contributed by atoms with Crippen molar-refractivity contribution in [2.75, 3.05) is 6.79 Å². The molecule has 0 bridgehead atoms. The Balaban J connectivity index is 2.11. The quantitative estimate of drug-likeness (QED) is 0.905. The first-order valence-electron chi connectivity index (χ1n) is 6.55. The molecule has 0 fully saturated rings. The van der Waals surface area contributed by atoms with Gasteiger partial charge in [-0.2, -0.15) is 13.2 Å². The molecule has 23 heavy (non-hydrogen) atoms. The van der Waals surface area contributed by atoms with Crippen molar-refractivity contribution >= 4 is 0 Å². The fourth-order valence-corrected chi connectivity index (χ4v) is 2.33. The van der Waals surface area contributed by atoms with Crippen molar-refractivity contribution in [1.29, 1.82) is 0 Å². The standard InChI is InChI=1S/C14H11F3N2O4/c1-19-12(20)8(11(14(15,16)17)18-13(19)21)4-7-2-3-9-10(5-7)23-6-22-9/h2-3,5H,4,6H2,1H3,(H,18,21). The van der Waals surface area contributed by atoms with Crippen LogP contribution in [0.2, 0.25) is 0 Å². The number of nitrogens with zero attached hydrogens (tertiary/aromatic N) is 1. The number of alkyl halides is 3. The van der Waals surface area contributed by atoms with Crippen molar-refractivity contribution in [3.05, 3.63) is 55.9 Å². The number of nitrogens with one attached hydrogen (secondary N) is 1. The molecule has 122 valence electrons. The summed E-state index contributed by atoms with van der Waals surface area (Å²) in [6.07, 6.45) is -5.13. The zero-order valence-electron chi connectivity index (χ0n) is 11.9. The van der Waals surface area contributed by atoms with E-state index in [0.29, 0.717) is 21.6 Å². The van der Waals surface area contributed by atoms with Crippen LogP contribution in [0.15, 0.2) is 27.8 Å². The molecular weight excluding hydrogens is 317 g/mol. The predicted octanol–water partition coefficient (Wildman–Crippen LogP) is 1.41. The highest BCUT2D eigenvalue weighted by Crippen LogP contribution is 2.34. The van der Waals surface area contributed by atoms with Crippen LogP contribution in [0.3, 0.4) is 0 Å². The molecule has 1 aliphatic rings. The summed E-state index contributed by atoms with van der Waals surface area (Å²) in [6, 6.07) is 4.60. The van der Waals surface area contributed by atoms with Crippen LogP contribution in [-0.4, -0.2) is 16.3 Å². The lowest BCUT2D eigenvalue weighted by Gasteiger charge is -2.13. The van der Waals surface area contributed by atoms with Crippen LogP contribution in [-0.2, 0) is 19.6 Å². The van der Waals surface area contributed by atoms with Gasteiger partial charge in [-0.3, -0.25) is 9.36 Å². The molecule has 3 rings (SSSR count). The normalized spacial score (nSPS) is 13.4. The van der Waals surface area contributed by atoms with Crippen molar-refractivity contribution in [3.8, 4) is 11.5 Å². The van der Waals surface area contributed by atoms with E-state index in [0.717, 1.165) is 7.05 Å². The van der Waals surface area contributed by atoms with Gasteiger partial charge < -0.3 is 14.5 Å². The number of benzene rings is 1. The molecular formula is C14H11F3N2O4. The van der Waals surface area contributed by atoms with E-state index in [4.69, 9.17) is 9.47 Å². The smallest absolute Gasteiger partial charge is 0.431 e. The molecule has 9 heteroatoms. The van der Waals surface area contributed by atoms with Crippen LogP contribution in [0.4, 0.5) is 13.2 Å². The molecule has 1 aromatic heterocycles. The second-order valence-electron chi connectivity index (χ2n) is 5.01. The third-order valence-electron chi connectivity index (χ3n) is 3.50. The molecule has 0 radical (unpaired) electrons. The third-order valence-corrected chi connectivity index (χ3v) is 3.50. The van der Waals surface area contributed by atoms with E-state index in [-0.39, 0.29) is 13.2 Å². The Morgan fingerprint density at radius 1 is 1.22 bits per heavy atom. The molecule has 0 aliphatic carbocycles. The zero-order valence-corrected chi connectivity index (χ0v) is 11.9. The van der Waals surface area contributed by atoms with Crippen LogP contribution in [0.1, 0.15) is 16.8 Å². The number of halogens is 3. The van der Waals surface area contributed by atoms with Crippen molar-refractivity contribution in [2.24, 2.45) is 7.05 Å². The fraction of sp³-hybridized carbons (Fsp3) is 0.286. The molecule has 2 heterocycles. The molecule has 0 atom stereocenters. The van der Waals surface area contributed by atoms with Crippen LogP contribution >= 0.6 is 0 Å². The van der Waals surface area contributed by atoms with E-state index in [1.165, 1.54) is 12.1 Å². The van der Waals surface area contributed by atoms with Crippen LogP contribution < -0.4 is 20.7 Å². The van der Waals surface area contributed by atoms with E-state index < -0.39 is 28.7 Å². The van der Waals surface area contributed by atoms with Crippen LogP contribution in [0.5, 0.6) is 11.5 Å². The Hall–Kier alpha value is -2.71. The molecule has 1 N–H and O–H groups in total. The molecule has 0 amide bonds. The maximum Gasteiger partial charge on any atom is 0.431 e. The lowest BCUT2D eigenvalue weighted by atomic mass is 10.0. The molecule has 0 unspecified atom stereocenters. The van der Waals surface area contributed by atoms with Gasteiger partial charge >= 0.3 is 11.9 Å². The number of H-pyrrole nitrogens is 1. The Morgan fingerprint density at radius 3 is 2.61 bits per heavy atom. The monoisotopic (exact) mass is 328 g/mol. The Morgan fingerprint density at radius 2 is 1.91 bits per heavy atom. The molecule has 1 aromatic carbocycles. The van der Waals surface area contributed by atoms with Crippen molar-refractivity contribution in [3.63, 3.8) is 0 Å². The zero-order chi connectivity index (χ0) is 16.8. The predicted molar refractivity (Wildman–Crippen MR) is 72.7 cm³/mol. The Labute approximate surface area is 127 Å². The van der Waals surface area contributed by atoms with Gasteiger partial charge in [0.1, 0.15) is 5.69 Å². The van der Waals surface area contributed by atoms with E-state index in [1.54, 1.807) is 11.1 Å². The number of aromatic nitrogens is 2. The molecule has 0 saturated carbocycles. The van der Waals surface area contributed by atoms with Crippen molar-refractivity contribution in [2.45, 2.75) is 12.6 Å². The SMILES string of the molecule is Cn1c(=O)[nH]c(C(F)(F)F)c(Cc2ccc3c(c2)OCO3)c1=O. The summed E-state index contributed by atoms with van der Waals surface area (Å²) in [5, 5.41) is 0. The molecule has 2 aromatic rings. The van der Waals surface area contributed by atoms with E-state index in [2.05, 4.69) is 0 Å².